The summed E-state index contributed by atoms with van der Waals surface area (Å²) in [4.78, 5) is 15.3. The number of thioether (sulfide) groups is 1. The lowest BCUT2D eigenvalue weighted by Gasteiger charge is -2.14. The first-order valence-corrected chi connectivity index (χ1v) is 13.2. The predicted molar refractivity (Wildman–Crippen MR) is 152 cm³/mol. The molecule has 35 heavy (non-hydrogen) atoms. The number of thiocarbonyl (C=S) groups is 1. The summed E-state index contributed by atoms with van der Waals surface area (Å²) in [6, 6.07) is 28.6. The van der Waals surface area contributed by atoms with E-state index in [1.165, 1.54) is 28.1 Å². The smallest absolute Gasteiger partial charge is 0.266 e. The molecule has 0 aliphatic carbocycles. The molecule has 0 aromatic heterocycles. The minimum absolute atomic E-state index is 0.0617. The van der Waals surface area contributed by atoms with Crippen LogP contribution in [0, 0.1) is 6.92 Å². The second kappa shape index (κ2) is 10.4. The summed E-state index contributed by atoms with van der Waals surface area (Å²) in [5.74, 6) is 0.690. The summed E-state index contributed by atoms with van der Waals surface area (Å²) in [7, 11) is 0. The summed E-state index contributed by atoms with van der Waals surface area (Å²) in [5, 5.41) is 2.41. The number of nitrogens with zero attached hydrogens (tertiary/aromatic N) is 1. The molecule has 1 amide bonds. The van der Waals surface area contributed by atoms with Crippen molar-refractivity contribution in [2.75, 3.05) is 0 Å². The first kappa shape index (κ1) is 23.8. The number of aryl methyl sites for hydroxylation is 1. The molecule has 6 heteroatoms. The highest BCUT2D eigenvalue weighted by atomic mass is 79.9. The molecule has 1 heterocycles. The molecule has 3 nitrogen and oxygen atoms in total. The molecule has 0 atom stereocenters. The lowest BCUT2D eigenvalue weighted by Crippen LogP contribution is -2.27. The van der Waals surface area contributed by atoms with E-state index in [1.54, 1.807) is 4.90 Å². The quantitative estimate of drug-likeness (QED) is 0.177. The van der Waals surface area contributed by atoms with Gasteiger partial charge in [0.15, 0.2) is 0 Å². The molecule has 0 bridgehead atoms. The monoisotopic (exact) mass is 559 g/mol. The number of rotatable bonds is 6. The molecule has 1 saturated heterocycles. The highest BCUT2D eigenvalue weighted by Crippen LogP contribution is 2.35. The van der Waals surface area contributed by atoms with E-state index in [2.05, 4.69) is 46.3 Å². The van der Waals surface area contributed by atoms with Crippen molar-refractivity contribution in [1.82, 2.24) is 4.90 Å². The lowest BCUT2D eigenvalue weighted by atomic mass is 10.1. The number of benzene rings is 4. The van der Waals surface area contributed by atoms with Crippen molar-refractivity contribution in [1.29, 1.82) is 0 Å². The molecule has 1 aliphatic heterocycles. The van der Waals surface area contributed by atoms with Gasteiger partial charge in [-0.1, -0.05) is 96.3 Å². The van der Waals surface area contributed by atoms with Gasteiger partial charge in [-0.05, 0) is 74.6 Å². The molecule has 1 fully saturated rings. The van der Waals surface area contributed by atoms with Crippen molar-refractivity contribution in [2.24, 2.45) is 0 Å². The van der Waals surface area contributed by atoms with Gasteiger partial charge < -0.3 is 4.74 Å². The molecule has 0 radical (unpaired) electrons. The average Bonchev–Trinajstić information content (AvgIpc) is 3.12. The Labute approximate surface area is 222 Å². The van der Waals surface area contributed by atoms with Crippen LogP contribution in [0.25, 0.3) is 16.8 Å². The third-order valence-electron chi connectivity index (χ3n) is 5.80. The summed E-state index contributed by atoms with van der Waals surface area (Å²) in [6.07, 6.45) is 1.88. The Morgan fingerprint density at radius 2 is 1.69 bits per heavy atom. The fourth-order valence-electron chi connectivity index (χ4n) is 3.88. The topological polar surface area (TPSA) is 29.5 Å². The Bertz CT molecular complexity index is 1460. The Morgan fingerprint density at radius 1 is 0.943 bits per heavy atom. The first-order chi connectivity index (χ1) is 17.0. The van der Waals surface area contributed by atoms with Crippen LogP contribution in [0.2, 0.25) is 0 Å². The number of amides is 1. The zero-order valence-corrected chi connectivity index (χ0v) is 22.3. The number of hydrogen-bond acceptors (Lipinski definition) is 4. The summed E-state index contributed by atoms with van der Waals surface area (Å²) in [6.45, 7) is 3.00. The largest absolute Gasteiger partial charge is 0.488 e. The van der Waals surface area contributed by atoms with E-state index >= 15 is 0 Å². The average molecular weight is 561 g/mol. The molecule has 174 valence electrons. The van der Waals surface area contributed by atoms with Gasteiger partial charge in [0.05, 0.1) is 15.9 Å². The molecule has 4 aromatic carbocycles. The number of carbonyl (C=O) groups is 1. The zero-order chi connectivity index (χ0) is 24.4. The maximum absolute atomic E-state index is 13.0. The molecule has 0 unspecified atom stereocenters. The van der Waals surface area contributed by atoms with Crippen LogP contribution in [0.5, 0.6) is 5.75 Å². The highest BCUT2D eigenvalue weighted by molar-refractivity contribution is 9.10. The van der Waals surface area contributed by atoms with Crippen molar-refractivity contribution >= 4 is 67.0 Å². The number of hydrogen-bond donors (Lipinski definition) is 0. The van der Waals surface area contributed by atoms with Crippen LogP contribution < -0.4 is 4.74 Å². The van der Waals surface area contributed by atoms with Crippen LogP contribution in [-0.4, -0.2) is 15.1 Å². The van der Waals surface area contributed by atoms with E-state index in [0.717, 1.165) is 26.9 Å². The van der Waals surface area contributed by atoms with Gasteiger partial charge in [0.2, 0.25) is 0 Å². The Kier molecular flexibility index (Phi) is 7.04. The van der Waals surface area contributed by atoms with Crippen LogP contribution in [0.1, 0.15) is 22.3 Å². The van der Waals surface area contributed by atoms with Crippen molar-refractivity contribution in [3.05, 3.63) is 117 Å². The zero-order valence-electron chi connectivity index (χ0n) is 19.0. The third kappa shape index (κ3) is 5.50. The van der Waals surface area contributed by atoms with E-state index in [9.17, 15) is 4.79 Å². The number of fused-ring (bicyclic) bond motifs is 1. The van der Waals surface area contributed by atoms with Gasteiger partial charge in [-0.25, -0.2) is 0 Å². The molecule has 4 aromatic rings. The van der Waals surface area contributed by atoms with Gasteiger partial charge in [-0.15, -0.1) is 0 Å². The lowest BCUT2D eigenvalue weighted by molar-refractivity contribution is -0.122. The fraction of sp³-hybridized carbons (Fsp3) is 0.103. The van der Waals surface area contributed by atoms with E-state index in [1.807, 2.05) is 67.6 Å². The molecular weight excluding hydrogens is 538 g/mol. The van der Waals surface area contributed by atoms with Crippen molar-refractivity contribution in [3.8, 4) is 5.75 Å². The van der Waals surface area contributed by atoms with Gasteiger partial charge in [0.25, 0.3) is 5.91 Å². The minimum atomic E-state index is -0.0617. The Morgan fingerprint density at radius 3 is 2.46 bits per heavy atom. The molecule has 0 spiro atoms. The number of halogens is 1. The van der Waals surface area contributed by atoms with E-state index < -0.39 is 0 Å². The van der Waals surface area contributed by atoms with Crippen LogP contribution in [-0.2, 0) is 17.9 Å². The van der Waals surface area contributed by atoms with Crippen LogP contribution in [0.4, 0.5) is 0 Å². The Balaban J connectivity index is 1.27. The second-order valence-electron chi connectivity index (χ2n) is 8.41. The molecule has 0 N–H and O–H groups in total. The molecule has 0 saturated carbocycles. The van der Waals surface area contributed by atoms with E-state index in [-0.39, 0.29) is 5.91 Å². The van der Waals surface area contributed by atoms with Gasteiger partial charge in [-0.3, -0.25) is 9.69 Å². The van der Waals surface area contributed by atoms with Crippen LogP contribution in [0.3, 0.4) is 0 Å². The van der Waals surface area contributed by atoms with E-state index in [0.29, 0.717) is 22.4 Å². The molecule has 5 rings (SSSR count). The van der Waals surface area contributed by atoms with Gasteiger partial charge in [0, 0.05) is 0 Å². The van der Waals surface area contributed by atoms with Gasteiger partial charge >= 0.3 is 0 Å². The standard InChI is InChI=1S/C29H22BrNO2S2/c1-19-6-8-20(9-7-19)17-31-28(32)27(35-29(31)34)16-21-11-13-26(25(30)15-21)33-18-22-10-12-23-4-2-3-5-24(23)14-22/h2-16H,17-18H2,1H3. The maximum Gasteiger partial charge on any atom is 0.266 e. The summed E-state index contributed by atoms with van der Waals surface area (Å²) >= 11 is 10.4. The Hall–Kier alpha value is -2.93. The minimum Gasteiger partial charge on any atom is -0.488 e. The molecular formula is C29H22BrNO2S2. The predicted octanol–water partition coefficient (Wildman–Crippen LogP) is 7.89. The summed E-state index contributed by atoms with van der Waals surface area (Å²) in [5.41, 5.74) is 4.26. The maximum atomic E-state index is 13.0. The van der Waals surface area contributed by atoms with Crippen LogP contribution in [0.15, 0.2) is 94.3 Å². The number of carbonyl (C=O) groups excluding carboxylic acids is 1. The number of ether oxygens (including phenoxy) is 1. The SMILES string of the molecule is Cc1ccc(CN2C(=O)C(=Cc3ccc(OCc4ccc5ccccc5c4)c(Br)c3)SC2=S)cc1. The molecule has 1 aliphatic rings. The van der Waals surface area contributed by atoms with Crippen molar-refractivity contribution in [2.45, 2.75) is 20.1 Å². The van der Waals surface area contributed by atoms with Gasteiger partial charge in [-0.2, -0.15) is 0 Å². The summed E-state index contributed by atoms with van der Waals surface area (Å²) < 4.78 is 7.47. The normalized spacial score (nSPS) is 14.8. The van der Waals surface area contributed by atoms with Gasteiger partial charge in [0.1, 0.15) is 16.7 Å². The highest BCUT2D eigenvalue weighted by Gasteiger charge is 2.32. The van der Waals surface area contributed by atoms with E-state index in [4.69, 9.17) is 17.0 Å². The fourth-order valence-corrected chi connectivity index (χ4v) is 5.64. The van der Waals surface area contributed by atoms with Crippen LogP contribution >= 0.6 is 39.9 Å². The third-order valence-corrected chi connectivity index (χ3v) is 7.79. The van der Waals surface area contributed by atoms with Crippen molar-refractivity contribution < 1.29 is 9.53 Å². The second-order valence-corrected chi connectivity index (χ2v) is 10.9. The first-order valence-electron chi connectivity index (χ1n) is 11.2. The van der Waals surface area contributed by atoms with Crippen molar-refractivity contribution in [3.63, 3.8) is 0 Å².